The maximum atomic E-state index is 14.8. The Morgan fingerprint density at radius 3 is 1.84 bits per heavy atom. The molecule has 4 nitrogen and oxygen atoms in total. The van der Waals surface area contributed by atoms with Gasteiger partial charge in [-0.15, -0.1) is 0 Å². The lowest BCUT2D eigenvalue weighted by atomic mass is 10.00. The van der Waals surface area contributed by atoms with Crippen LogP contribution in [0.4, 0.5) is 13.2 Å². The minimum Gasteiger partial charge on any atom is -0.488 e. The van der Waals surface area contributed by atoms with E-state index in [0.717, 1.165) is 49.7 Å². The van der Waals surface area contributed by atoms with Crippen LogP contribution >= 0.6 is 0 Å². The summed E-state index contributed by atoms with van der Waals surface area (Å²) in [5.41, 5.74) is 0.253. The van der Waals surface area contributed by atoms with Gasteiger partial charge in [-0.2, -0.15) is 0 Å². The summed E-state index contributed by atoms with van der Waals surface area (Å²) < 4.78 is 55.1. The molecule has 3 rings (SSSR count). The summed E-state index contributed by atoms with van der Waals surface area (Å²) in [6.45, 7) is 5.83. The molecule has 0 saturated carbocycles. The zero-order chi connectivity index (χ0) is 31.8. The van der Waals surface area contributed by atoms with Gasteiger partial charge in [-0.3, -0.25) is 4.98 Å². The Hall–Kier alpha value is -3.35. The van der Waals surface area contributed by atoms with Crippen LogP contribution in [0.15, 0.2) is 54.7 Å². The number of aromatic nitrogens is 1. The van der Waals surface area contributed by atoms with Crippen LogP contribution < -0.4 is 9.47 Å². The fraction of sp³-hybridized carbons (Fsp3) is 0.514. The van der Waals surface area contributed by atoms with Crippen LogP contribution in [0.25, 0.3) is 22.4 Å². The van der Waals surface area contributed by atoms with Gasteiger partial charge in [-0.1, -0.05) is 103 Å². The molecule has 1 aromatic heterocycles. The number of esters is 1. The minimum atomic E-state index is -2.04. The van der Waals surface area contributed by atoms with E-state index in [2.05, 4.69) is 18.8 Å². The van der Waals surface area contributed by atoms with Crippen LogP contribution in [0.1, 0.15) is 111 Å². The Morgan fingerprint density at radius 1 is 0.727 bits per heavy atom. The fourth-order valence-corrected chi connectivity index (χ4v) is 5.08. The van der Waals surface area contributed by atoms with Gasteiger partial charge in [0.2, 0.25) is 5.67 Å². The predicted octanol–water partition coefficient (Wildman–Crippen LogP) is 11.2. The van der Waals surface area contributed by atoms with Crippen molar-refractivity contribution >= 4 is 5.97 Å². The average Bonchev–Trinajstić information content (AvgIpc) is 3.01. The highest BCUT2D eigenvalue weighted by molar-refractivity contribution is 5.81. The zero-order valence-corrected chi connectivity index (χ0v) is 26.6. The first-order valence-corrected chi connectivity index (χ1v) is 16.3. The third-order valence-corrected chi connectivity index (χ3v) is 7.88. The van der Waals surface area contributed by atoms with E-state index in [1.165, 1.54) is 57.6 Å². The Labute approximate surface area is 261 Å². The van der Waals surface area contributed by atoms with E-state index in [4.69, 9.17) is 9.47 Å². The number of ether oxygens (including phenoxy) is 2. The number of halogens is 3. The van der Waals surface area contributed by atoms with Crippen molar-refractivity contribution in [1.29, 1.82) is 0 Å². The van der Waals surface area contributed by atoms with Crippen molar-refractivity contribution in [2.45, 2.75) is 116 Å². The number of rotatable bonds is 20. The molecule has 1 heterocycles. The number of hydrogen-bond donors (Lipinski definition) is 0. The van der Waals surface area contributed by atoms with Gasteiger partial charge in [0.05, 0.1) is 12.3 Å². The molecule has 0 N–H and O–H groups in total. The predicted molar refractivity (Wildman–Crippen MR) is 172 cm³/mol. The molecule has 0 radical (unpaired) electrons. The second-order valence-corrected chi connectivity index (χ2v) is 11.8. The summed E-state index contributed by atoms with van der Waals surface area (Å²) in [5, 5.41) is 0. The first-order valence-electron chi connectivity index (χ1n) is 16.3. The SMILES string of the molecule is CCCCCCCCCCCOc1c(F)cc(-c2ccc(-c3ccc(OC(=O)[C@@](C)(F)CCCCCC)cc3)cn2)cc1F. The topological polar surface area (TPSA) is 48.4 Å². The van der Waals surface area contributed by atoms with Crippen molar-refractivity contribution < 1.29 is 27.4 Å². The van der Waals surface area contributed by atoms with E-state index in [0.29, 0.717) is 17.7 Å². The third kappa shape index (κ3) is 11.3. The first-order chi connectivity index (χ1) is 21.2. The maximum Gasteiger partial charge on any atom is 0.348 e. The van der Waals surface area contributed by atoms with Crippen molar-refractivity contribution in [1.82, 2.24) is 4.98 Å². The van der Waals surface area contributed by atoms with Crippen LogP contribution in [0.2, 0.25) is 0 Å². The molecule has 0 fully saturated rings. The van der Waals surface area contributed by atoms with Crippen LogP contribution in [-0.4, -0.2) is 23.2 Å². The van der Waals surface area contributed by atoms with E-state index in [9.17, 15) is 18.0 Å². The molecule has 1 atom stereocenters. The van der Waals surface area contributed by atoms with Gasteiger partial charge in [0, 0.05) is 17.3 Å². The second-order valence-electron chi connectivity index (χ2n) is 11.8. The fourth-order valence-electron chi connectivity index (χ4n) is 5.08. The number of pyridine rings is 1. The average molecular weight is 612 g/mol. The molecule has 0 aliphatic rings. The number of benzene rings is 2. The lowest BCUT2D eigenvalue weighted by Crippen LogP contribution is -2.34. The normalized spacial score (nSPS) is 12.6. The minimum absolute atomic E-state index is 0.130. The quantitative estimate of drug-likeness (QED) is 0.0724. The molecule has 3 aromatic rings. The summed E-state index contributed by atoms with van der Waals surface area (Å²) >= 11 is 0. The first kappa shape index (κ1) is 35.1. The lowest BCUT2D eigenvalue weighted by Gasteiger charge is -2.18. The number of unbranched alkanes of at least 4 members (excludes halogenated alkanes) is 11. The van der Waals surface area contributed by atoms with Crippen molar-refractivity contribution in [3.8, 4) is 33.9 Å². The summed E-state index contributed by atoms with van der Waals surface area (Å²) in [7, 11) is 0. The molecule has 0 bridgehead atoms. The van der Waals surface area contributed by atoms with Gasteiger partial charge in [0.25, 0.3) is 0 Å². The maximum absolute atomic E-state index is 14.8. The third-order valence-electron chi connectivity index (χ3n) is 7.88. The van der Waals surface area contributed by atoms with Crippen molar-refractivity contribution in [2.75, 3.05) is 6.61 Å². The van der Waals surface area contributed by atoms with E-state index in [1.807, 2.05) is 0 Å². The lowest BCUT2D eigenvalue weighted by molar-refractivity contribution is -0.147. The molecule has 7 heteroatoms. The van der Waals surface area contributed by atoms with Crippen LogP contribution in [0, 0.1) is 11.6 Å². The zero-order valence-electron chi connectivity index (χ0n) is 26.6. The molecule has 0 amide bonds. The van der Waals surface area contributed by atoms with E-state index < -0.39 is 23.3 Å². The number of alkyl halides is 1. The molecule has 44 heavy (non-hydrogen) atoms. The Bertz CT molecular complexity index is 1250. The molecule has 0 aliphatic carbocycles. The van der Waals surface area contributed by atoms with E-state index in [-0.39, 0.29) is 24.5 Å². The molecule has 0 unspecified atom stereocenters. The van der Waals surface area contributed by atoms with Gasteiger partial charge >= 0.3 is 5.97 Å². The smallest absolute Gasteiger partial charge is 0.348 e. The monoisotopic (exact) mass is 611 g/mol. The van der Waals surface area contributed by atoms with Crippen LogP contribution in [0.5, 0.6) is 11.5 Å². The highest BCUT2D eigenvalue weighted by atomic mass is 19.1. The molecule has 240 valence electrons. The summed E-state index contributed by atoms with van der Waals surface area (Å²) in [6, 6.07) is 12.7. The number of carbonyl (C=O) groups is 1. The number of nitrogens with zero attached hydrogens (tertiary/aromatic N) is 1. The molecule has 2 aromatic carbocycles. The van der Waals surface area contributed by atoms with Gasteiger partial charge in [0.1, 0.15) is 5.75 Å². The highest BCUT2D eigenvalue weighted by Crippen LogP contribution is 2.30. The molecule has 0 spiro atoms. The Kier molecular flexibility index (Phi) is 14.7. The largest absolute Gasteiger partial charge is 0.488 e. The number of hydrogen-bond acceptors (Lipinski definition) is 4. The van der Waals surface area contributed by atoms with Crippen LogP contribution in [0.3, 0.4) is 0 Å². The Balaban J connectivity index is 1.50. The van der Waals surface area contributed by atoms with E-state index >= 15 is 0 Å². The molecule has 0 aliphatic heterocycles. The molecule has 0 saturated heterocycles. The van der Waals surface area contributed by atoms with Crippen molar-refractivity contribution in [3.63, 3.8) is 0 Å². The van der Waals surface area contributed by atoms with Crippen molar-refractivity contribution in [3.05, 3.63) is 66.4 Å². The van der Waals surface area contributed by atoms with Gasteiger partial charge < -0.3 is 9.47 Å². The highest BCUT2D eigenvalue weighted by Gasteiger charge is 2.34. The van der Waals surface area contributed by atoms with E-state index in [1.54, 1.807) is 42.6 Å². The second kappa shape index (κ2) is 18.5. The standard InChI is InChI=1S/C37H48F3NO3/c1-4-6-8-10-11-12-13-14-16-24-43-35-32(38)25-30(26-33(35)39)34-22-19-29(27-41-34)28-17-20-31(21-18-28)44-36(42)37(3,40)23-15-9-7-5-2/h17-22,25-27H,4-16,23-24H2,1-3H3/t37-/m0/s1. The number of carbonyl (C=O) groups excluding carboxylic acids is 1. The van der Waals surface area contributed by atoms with Gasteiger partial charge in [0.15, 0.2) is 17.4 Å². The van der Waals surface area contributed by atoms with Crippen LogP contribution in [-0.2, 0) is 4.79 Å². The molecular weight excluding hydrogens is 563 g/mol. The summed E-state index contributed by atoms with van der Waals surface area (Å²) in [4.78, 5) is 16.8. The van der Waals surface area contributed by atoms with Gasteiger partial charge in [-0.25, -0.2) is 18.0 Å². The Morgan fingerprint density at radius 2 is 1.27 bits per heavy atom. The van der Waals surface area contributed by atoms with Gasteiger partial charge in [-0.05, 0) is 62.1 Å². The summed E-state index contributed by atoms with van der Waals surface area (Å²) in [6.07, 6.45) is 15.7. The summed E-state index contributed by atoms with van der Waals surface area (Å²) in [5.74, 6) is -2.50. The molecular formula is C37H48F3NO3. The van der Waals surface area contributed by atoms with Crippen molar-refractivity contribution in [2.24, 2.45) is 0 Å².